The maximum atomic E-state index is 9.30. The normalized spacial score (nSPS) is 13.8. The first-order valence-corrected chi connectivity index (χ1v) is 18.6. The van der Waals surface area contributed by atoms with Gasteiger partial charge in [-0.05, 0) is 59.6 Å². The summed E-state index contributed by atoms with van der Waals surface area (Å²) in [5.74, 6) is 0.274. The summed E-state index contributed by atoms with van der Waals surface area (Å²) in [5.41, 5.74) is 6.49. The third kappa shape index (κ3) is 4.74. The first-order valence-electron chi connectivity index (χ1n) is 22.6. The maximum Gasteiger partial charge on any atom is 0.240 e. The Morgan fingerprint density at radius 2 is 0.789 bits per heavy atom. The van der Waals surface area contributed by atoms with Gasteiger partial charge in [0, 0.05) is 37.9 Å². The standard InChI is InChI=1S/C51H32N6/c1-2-16-33(17-3-1)34-30-31-48(55-42-24-10-4-18-35(42)36-19-5-11-25-43(36)55)41(32-34)49-52-50(56-44-26-12-6-20-37(44)38-21-7-13-27-45(38)56)54-51(53-49)57-46-28-14-8-22-39(46)40-23-9-15-29-47(40)57/h1-32H/i6D,8D,12D,14D,20D,22D,26D,28D. The number of benzene rings is 8. The smallest absolute Gasteiger partial charge is 0.240 e. The zero-order chi connectivity index (χ0) is 44.4. The quantitative estimate of drug-likeness (QED) is 0.177. The highest BCUT2D eigenvalue weighted by Crippen LogP contribution is 2.39. The third-order valence-corrected chi connectivity index (χ3v) is 10.8. The lowest BCUT2D eigenvalue weighted by atomic mass is 10.0. The Bertz CT molecular complexity index is 3800. The van der Waals surface area contributed by atoms with Gasteiger partial charge in [0.2, 0.25) is 11.9 Å². The van der Waals surface area contributed by atoms with Gasteiger partial charge in [-0.25, -0.2) is 0 Å². The molecule has 12 rings (SSSR count). The fraction of sp³-hybridized carbons (Fsp3) is 0. The minimum atomic E-state index is -0.413. The molecule has 4 heterocycles. The van der Waals surface area contributed by atoms with Gasteiger partial charge in [0.05, 0.1) is 49.8 Å². The summed E-state index contributed by atoms with van der Waals surface area (Å²) in [4.78, 5) is 15.7. The molecular formula is C51H32N6. The van der Waals surface area contributed by atoms with Crippen LogP contribution in [0.3, 0.4) is 0 Å². The monoisotopic (exact) mass is 736 g/mol. The van der Waals surface area contributed by atoms with Crippen molar-refractivity contribution in [3.63, 3.8) is 0 Å². The van der Waals surface area contributed by atoms with Crippen LogP contribution in [0, 0.1) is 0 Å². The Morgan fingerprint density at radius 3 is 1.32 bits per heavy atom. The van der Waals surface area contributed by atoms with E-state index in [1.165, 1.54) is 0 Å². The van der Waals surface area contributed by atoms with Gasteiger partial charge in [0.1, 0.15) is 0 Å². The van der Waals surface area contributed by atoms with E-state index in [4.69, 9.17) is 23.2 Å². The van der Waals surface area contributed by atoms with Crippen molar-refractivity contribution in [2.45, 2.75) is 0 Å². The SMILES string of the molecule is [2H]c1c([2H])c([2H])c2c(c1[2H])c1ccccc1n2-c1nc(-c2cc(-c3ccccc3)ccc2-n2c3ccccc3c3ccccc32)nc(-n2c3ccccc3c3c([2H])c([2H])c([2H])c([2H])c32)n1. The highest BCUT2D eigenvalue weighted by molar-refractivity contribution is 6.11. The molecule has 0 N–H and O–H groups in total. The van der Waals surface area contributed by atoms with Crippen LogP contribution in [0.2, 0.25) is 0 Å². The molecule has 4 aromatic heterocycles. The van der Waals surface area contributed by atoms with Gasteiger partial charge in [0.15, 0.2) is 5.82 Å². The summed E-state index contributed by atoms with van der Waals surface area (Å²) in [5, 5.41) is 3.85. The topological polar surface area (TPSA) is 53.5 Å². The molecule has 266 valence electrons. The van der Waals surface area contributed by atoms with Crippen LogP contribution in [0.5, 0.6) is 0 Å². The molecule has 8 aromatic carbocycles. The molecule has 0 saturated carbocycles. The number of rotatable bonds is 5. The van der Waals surface area contributed by atoms with Crippen molar-refractivity contribution in [2.75, 3.05) is 0 Å². The predicted octanol–water partition coefficient (Wildman–Crippen LogP) is 12.5. The van der Waals surface area contributed by atoms with E-state index in [1.54, 1.807) is 9.13 Å². The van der Waals surface area contributed by atoms with E-state index in [0.29, 0.717) is 38.1 Å². The molecule has 0 bridgehead atoms. The predicted molar refractivity (Wildman–Crippen MR) is 234 cm³/mol. The van der Waals surface area contributed by atoms with E-state index in [2.05, 4.69) is 34.9 Å². The Balaban J connectivity index is 1.28. The zero-order valence-electron chi connectivity index (χ0n) is 38.0. The lowest BCUT2D eigenvalue weighted by Crippen LogP contribution is -2.11. The molecular weight excluding hydrogens is 697 g/mol. The Labute approximate surface area is 338 Å². The number of nitrogens with zero attached hydrogens (tertiary/aromatic N) is 6. The molecule has 6 nitrogen and oxygen atoms in total. The van der Waals surface area contributed by atoms with E-state index in [1.807, 2.05) is 115 Å². The molecule has 0 fully saturated rings. The van der Waals surface area contributed by atoms with Crippen molar-refractivity contribution in [3.05, 3.63) is 194 Å². The molecule has 0 spiro atoms. The average molecular weight is 737 g/mol. The zero-order valence-corrected chi connectivity index (χ0v) is 30.0. The van der Waals surface area contributed by atoms with Crippen molar-refractivity contribution in [1.82, 2.24) is 28.7 Å². The van der Waals surface area contributed by atoms with E-state index in [0.717, 1.165) is 38.6 Å². The van der Waals surface area contributed by atoms with E-state index in [9.17, 15) is 2.74 Å². The van der Waals surface area contributed by atoms with Crippen LogP contribution in [-0.4, -0.2) is 28.7 Å². The first-order chi connectivity index (χ1) is 31.6. The first kappa shape index (κ1) is 24.6. The Kier molecular flexibility index (Phi) is 5.32. The minimum Gasteiger partial charge on any atom is -0.309 e. The van der Waals surface area contributed by atoms with Crippen molar-refractivity contribution in [1.29, 1.82) is 0 Å². The molecule has 0 aliphatic heterocycles. The van der Waals surface area contributed by atoms with Gasteiger partial charge in [0.25, 0.3) is 0 Å². The fourth-order valence-electron chi connectivity index (χ4n) is 8.33. The molecule has 0 aliphatic rings. The van der Waals surface area contributed by atoms with Crippen molar-refractivity contribution in [3.8, 4) is 40.1 Å². The molecule has 0 radical (unpaired) electrons. The highest BCUT2D eigenvalue weighted by Gasteiger charge is 2.23. The van der Waals surface area contributed by atoms with Crippen molar-refractivity contribution < 1.29 is 11.0 Å². The van der Waals surface area contributed by atoms with Crippen LogP contribution >= 0.6 is 0 Å². The van der Waals surface area contributed by atoms with Gasteiger partial charge in [-0.15, -0.1) is 0 Å². The molecule has 0 unspecified atom stereocenters. The second kappa shape index (κ2) is 12.3. The Morgan fingerprint density at radius 1 is 0.351 bits per heavy atom. The summed E-state index contributed by atoms with van der Waals surface area (Å²) in [6.45, 7) is 0. The molecule has 0 atom stereocenters. The van der Waals surface area contributed by atoms with Gasteiger partial charge in [-0.3, -0.25) is 9.13 Å². The largest absolute Gasteiger partial charge is 0.309 e. The summed E-state index contributed by atoms with van der Waals surface area (Å²) >= 11 is 0. The van der Waals surface area contributed by atoms with Crippen LogP contribution in [0.15, 0.2) is 194 Å². The van der Waals surface area contributed by atoms with E-state index in [-0.39, 0.29) is 65.0 Å². The molecule has 57 heavy (non-hydrogen) atoms. The lowest BCUT2D eigenvalue weighted by Gasteiger charge is -2.17. The van der Waals surface area contributed by atoms with Gasteiger partial charge in [-0.2, -0.15) is 15.0 Å². The van der Waals surface area contributed by atoms with Crippen molar-refractivity contribution >= 4 is 65.4 Å². The van der Waals surface area contributed by atoms with E-state index < -0.39 is 12.1 Å². The van der Waals surface area contributed by atoms with Crippen LogP contribution in [-0.2, 0) is 0 Å². The average Bonchev–Trinajstić information content (AvgIpc) is 4.00. The summed E-state index contributed by atoms with van der Waals surface area (Å²) < 4.78 is 77.1. The number of hydrogen-bond donors (Lipinski definition) is 0. The van der Waals surface area contributed by atoms with Crippen LogP contribution in [0.1, 0.15) is 11.0 Å². The number of hydrogen-bond acceptors (Lipinski definition) is 3. The van der Waals surface area contributed by atoms with Gasteiger partial charge < -0.3 is 4.57 Å². The molecule has 0 amide bonds. The summed E-state index contributed by atoms with van der Waals surface area (Å²) in [7, 11) is 0. The van der Waals surface area contributed by atoms with Crippen LogP contribution < -0.4 is 0 Å². The Hall–Kier alpha value is -7.83. The van der Waals surface area contributed by atoms with Crippen LogP contribution in [0.25, 0.3) is 106 Å². The summed E-state index contributed by atoms with van der Waals surface area (Å²) in [6.07, 6.45) is 0. The minimum absolute atomic E-state index is 0.0336. The third-order valence-electron chi connectivity index (χ3n) is 10.8. The van der Waals surface area contributed by atoms with Gasteiger partial charge in [-0.1, -0.05) is 145 Å². The molecule has 12 aromatic rings. The van der Waals surface area contributed by atoms with Crippen LogP contribution in [0.4, 0.5) is 0 Å². The fourth-order valence-corrected chi connectivity index (χ4v) is 8.33. The lowest BCUT2D eigenvalue weighted by molar-refractivity contribution is 0.892. The van der Waals surface area contributed by atoms with Gasteiger partial charge >= 0.3 is 0 Å². The summed E-state index contributed by atoms with van der Waals surface area (Å²) in [6, 6.07) is 44.5. The molecule has 0 saturated heterocycles. The number of fused-ring (bicyclic) bond motifs is 9. The molecule has 6 heteroatoms. The van der Waals surface area contributed by atoms with E-state index >= 15 is 0 Å². The number of aromatic nitrogens is 6. The van der Waals surface area contributed by atoms with Crippen molar-refractivity contribution in [2.24, 2.45) is 0 Å². The second-order valence-corrected chi connectivity index (χ2v) is 13.9. The second-order valence-electron chi connectivity index (χ2n) is 13.9. The highest BCUT2D eigenvalue weighted by atomic mass is 15.3. The molecule has 0 aliphatic carbocycles. The number of para-hydroxylation sites is 6. The maximum absolute atomic E-state index is 9.30.